The van der Waals surface area contributed by atoms with Crippen molar-refractivity contribution in [1.82, 2.24) is 9.88 Å². The second-order valence-electron chi connectivity index (χ2n) is 6.02. The summed E-state index contributed by atoms with van der Waals surface area (Å²) in [7, 11) is 0. The highest BCUT2D eigenvalue weighted by Crippen LogP contribution is 2.34. The van der Waals surface area contributed by atoms with Crippen molar-refractivity contribution >= 4 is 5.91 Å². The van der Waals surface area contributed by atoms with Crippen LogP contribution in [0.5, 0.6) is 0 Å². The van der Waals surface area contributed by atoms with Crippen LogP contribution in [0, 0.1) is 19.7 Å². The van der Waals surface area contributed by atoms with E-state index < -0.39 is 5.91 Å². The zero-order chi connectivity index (χ0) is 16.6. The molecule has 2 aromatic rings. The number of amides is 1. The molecule has 1 aliphatic rings. The monoisotopic (exact) mass is 314 g/mol. The summed E-state index contributed by atoms with van der Waals surface area (Å²) in [6.07, 6.45) is 1.94. The molecule has 1 N–H and O–H groups in total. The molecule has 1 fully saturated rings. The SMILES string of the molecule is Cc1cc(C)n(C2CC2)c(=O)c1C(=O)NCc1ccccc1F. The third-order valence-electron chi connectivity index (χ3n) is 4.17. The van der Waals surface area contributed by atoms with Gasteiger partial charge in [0.15, 0.2) is 0 Å². The van der Waals surface area contributed by atoms with Gasteiger partial charge in [0.05, 0.1) is 0 Å². The second-order valence-corrected chi connectivity index (χ2v) is 6.02. The van der Waals surface area contributed by atoms with E-state index in [4.69, 9.17) is 0 Å². The fourth-order valence-electron chi connectivity index (χ4n) is 2.87. The summed E-state index contributed by atoms with van der Waals surface area (Å²) in [4.78, 5) is 25.1. The molecule has 0 unspecified atom stereocenters. The van der Waals surface area contributed by atoms with Gasteiger partial charge in [0, 0.05) is 23.8 Å². The van der Waals surface area contributed by atoms with Gasteiger partial charge in [0.25, 0.3) is 11.5 Å². The molecule has 3 rings (SSSR count). The fraction of sp³-hybridized carbons (Fsp3) is 0.333. The van der Waals surface area contributed by atoms with Gasteiger partial charge in [0.2, 0.25) is 0 Å². The Bertz CT molecular complexity index is 822. The van der Waals surface area contributed by atoms with Crippen LogP contribution >= 0.6 is 0 Å². The van der Waals surface area contributed by atoms with E-state index in [0.29, 0.717) is 11.1 Å². The maximum atomic E-state index is 13.6. The van der Waals surface area contributed by atoms with Crippen molar-refractivity contribution in [3.8, 4) is 0 Å². The summed E-state index contributed by atoms with van der Waals surface area (Å²) in [5, 5.41) is 2.65. The number of rotatable bonds is 4. The van der Waals surface area contributed by atoms with Crippen LogP contribution in [0.15, 0.2) is 35.1 Å². The van der Waals surface area contributed by atoms with Gasteiger partial charge in [-0.2, -0.15) is 0 Å². The largest absolute Gasteiger partial charge is 0.348 e. The highest BCUT2D eigenvalue weighted by atomic mass is 19.1. The number of nitrogens with zero attached hydrogens (tertiary/aromatic N) is 1. The van der Waals surface area contributed by atoms with Gasteiger partial charge >= 0.3 is 0 Å². The average molecular weight is 314 g/mol. The standard InChI is InChI=1S/C18H19FN2O2/c1-11-9-12(2)21(14-7-8-14)18(23)16(11)17(22)20-10-13-5-3-4-6-15(13)19/h3-6,9,14H,7-8,10H2,1-2H3,(H,20,22). The van der Waals surface area contributed by atoms with Gasteiger partial charge in [-0.1, -0.05) is 18.2 Å². The Labute approximate surface area is 134 Å². The number of hydrogen-bond acceptors (Lipinski definition) is 2. The van der Waals surface area contributed by atoms with E-state index in [-0.39, 0.29) is 29.5 Å². The topological polar surface area (TPSA) is 51.1 Å². The average Bonchev–Trinajstić information content (AvgIpc) is 3.30. The molecular weight excluding hydrogens is 295 g/mol. The number of halogens is 1. The smallest absolute Gasteiger partial charge is 0.264 e. The maximum Gasteiger partial charge on any atom is 0.264 e. The molecule has 0 saturated heterocycles. The second kappa shape index (κ2) is 5.99. The summed E-state index contributed by atoms with van der Waals surface area (Å²) in [6, 6.07) is 8.33. The third-order valence-corrected chi connectivity index (χ3v) is 4.17. The van der Waals surface area contributed by atoms with Crippen molar-refractivity contribution in [1.29, 1.82) is 0 Å². The van der Waals surface area contributed by atoms with Crippen molar-refractivity contribution in [2.45, 2.75) is 39.3 Å². The van der Waals surface area contributed by atoms with Gasteiger partial charge in [-0.3, -0.25) is 9.59 Å². The minimum atomic E-state index is -0.454. The van der Waals surface area contributed by atoms with Crippen molar-refractivity contribution in [2.75, 3.05) is 0 Å². The molecule has 5 heteroatoms. The summed E-state index contributed by atoms with van der Waals surface area (Å²) < 4.78 is 15.3. The Balaban J connectivity index is 1.86. The lowest BCUT2D eigenvalue weighted by Crippen LogP contribution is -2.34. The number of pyridine rings is 1. The van der Waals surface area contributed by atoms with Crippen LogP contribution in [0.2, 0.25) is 0 Å². The van der Waals surface area contributed by atoms with E-state index >= 15 is 0 Å². The van der Waals surface area contributed by atoms with Crippen LogP contribution in [0.4, 0.5) is 4.39 Å². The number of aryl methyl sites for hydroxylation is 2. The normalized spacial score (nSPS) is 13.9. The van der Waals surface area contributed by atoms with E-state index in [0.717, 1.165) is 18.5 Å². The number of aromatic nitrogens is 1. The zero-order valence-corrected chi connectivity index (χ0v) is 13.2. The summed E-state index contributed by atoms with van der Waals surface area (Å²) >= 11 is 0. The first-order chi connectivity index (χ1) is 11.0. The summed E-state index contributed by atoms with van der Waals surface area (Å²) in [6.45, 7) is 3.69. The molecule has 1 saturated carbocycles. The van der Waals surface area contributed by atoms with Crippen LogP contribution in [0.3, 0.4) is 0 Å². The first kappa shape index (κ1) is 15.5. The summed E-state index contributed by atoms with van der Waals surface area (Å²) in [5.41, 5.74) is 1.82. The number of carbonyl (C=O) groups excluding carboxylic acids is 1. The maximum absolute atomic E-state index is 13.6. The van der Waals surface area contributed by atoms with E-state index in [1.54, 1.807) is 29.7 Å². The van der Waals surface area contributed by atoms with E-state index in [1.807, 2.05) is 13.0 Å². The van der Waals surface area contributed by atoms with Crippen molar-refractivity contribution in [3.05, 3.63) is 68.9 Å². The number of nitrogens with one attached hydrogen (secondary N) is 1. The van der Waals surface area contributed by atoms with Crippen molar-refractivity contribution in [3.63, 3.8) is 0 Å². The van der Waals surface area contributed by atoms with Gasteiger partial charge in [-0.25, -0.2) is 4.39 Å². The molecule has 120 valence electrons. The van der Waals surface area contributed by atoms with Crippen LogP contribution in [0.1, 0.15) is 46.1 Å². The molecule has 1 aliphatic carbocycles. The van der Waals surface area contributed by atoms with Gasteiger partial charge in [0.1, 0.15) is 11.4 Å². The molecule has 0 radical (unpaired) electrons. The molecule has 0 spiro atoms. The third kappa shape index (κ3) is 3.04. The number of carbonyl (C=O) groups is 1. The molecular formula is C18H19FN2O2. The molecule has 0 bridgehead atoms. The van der Waals surface area contributed by atoms with Crippen LogP contribution in [-0.4, -0.2) is 10.5 Å². The lowest BCUT2D eigenvalue weighted by atomic mass is 10.1. The minimum Gasteiger partial charge on any atom is -0.348 e. The van der Waals surface area contributed by atoms with Crippen LogP contribution < -0.4 is 10.9 Å². The Kier molecular flexibility index (Phi) is 4.03. The molecule has 1 aromatic heterocycles. The van der Waals surface area contributed by atoms with E-state index in [1.165, 1.54) is 6.07 Å². The quantitative estimate of drug-likeness (QED) is 0.943. The molecule has 23 heavy (non-hydrogen) atoms. The lowest BCUT2D eigenvalue weighted by molar-refractivity contribution is 0.0948. The highest BCUT2D eigenvalue weighted by Gasteiger charge is 2.28. The van der Waals surface area contributed by atoms with E-state index in [2.05, 4.69) is 5.32 Å². The molecule has 1 aromatic carbocycles. The minimum absolute atomic E-state index is 0.0572. The molecule has 4 nitrogen and oxygen atoms in total. The number of hydrogen-bond donors (Lipinski definition) is 1. The molecule has 0 aliphatic heterocycles. The van der Waals surface area contributed by atoms with Crippen LogP contribution in [0.25, 0.3) is 0 Å². The molecule has 1 amide bonds. The van der Waals surface area contributed by atoms with Gasteiger partial charge in [-0.05, 0) is 44.4 Å². The molecule has 1 heterocycles. The fourth-order valence-corrected chi connectivity index (χ4v) is 2.87. The van der Waals surface area contributed by atoms with Gasteiger partial charge < -0.3 is 9.88 Å². The van der Waals surface area contributed by atoms with E-state index in [9.17, 15) is 14.0 Å². The predicted molar refractivity (Wildman–Crippen MR) is 86.0 cm³/mol. The Morgan fingerprint density at radius 2 is 2.00 bits per heavy atom. The van der Waals surface area contributed by atoms with Gasteiger partial charge in [-0.15, -0.1) is 0 Å². The highest BCUT2D eigenvalue weighted by molar-refractivity contribution is 5.95. The zero-order valence-electron chi connectivity index (χ0n) is 13.2. The Hall–Kier alpha value is -2.43. The van der Waals surface area contributed by atoms with Crippen molar-refractivity contribution < 1.29 is 9.18 Å². The molecule has 0 atom stereocenters. The lowest BCUT2D eigenvalue weighted by Gasteiger charge is -2.14. The van der Waals surface area contributed by atoms with Crippen molar-refractivity contribution in [2.24, 2.45) is 0 Å². The van der Waals surface area contributed by atoms with Crippen LogP contribution in [-0.2, 0) is 6.54 Å². The summed E-state index contributed by atoms with van der Waals surface area (Å²) in [5.74, 6) is -0.825. The first-order valence-corrected chi connectivity index (χ1v) is 7.73. The first-order valence-electron chi connectivity index (χ1n) is 7.73. The predicted octanol–water partition coefficient (Wildman–Crippen LogP) is 2.87. The Morgan fingerprint density at radius 1 is 1.30 bits per heavy atom. The number of benzene rings is 1. The Morgan fingerprint density at radius 3 is 2.65 bits per heavy atom.